The van der Waals surface area contributed by atoms with Crippen LogP contribution in [0.2, 0.25) is 0 Å². The summed E-state index contributed by atoms with van der Waals surface area (Å²) in [6.07, 6.45) is 9.04. The molecule has 0 spiro atoms. The molecule has 120 valence electrons. The van der Waals surface area contributed by atoms with Crippen molar-refractivity contribution in [2.24, 2.45) is 0 Å². The van der Waals surface area contributed by atoms with E-state index in [1.54, 1.807) is 20.8 Å². The zero-order valence-electron chi connectivity index (χ0n) is 13.6. The summed E-state index contributed by atoms with van der Waals surface area (Å²) in [5, 5.41) is 11.5. The fourth-order valence-electron chi connectivity index (χ4n) is 2.09. The summed E-state index contributed by atoms with van der Waals surface area (Å²) < 4.78 is 5.27. The fourth-order valence-corrected chi connectivity index (χ4v) is 2.09. The standard InChI is InChI=1S/C17H20N4O2/c1-17(2,3)23-16(22)20-13-11-19-14(9-10-18)21-15(13)12-7-5-4-6-8-12/h5,7-8,11H,4,6,9H2,1-3H3,(H,20,22). The summed E-state index contributed by atoms with van der Waals surface area (Å²) in [6.45, 7) is 5.39. The van der Waals surface area contributed by atoms with Gasteiger partial charge in [-0.15, -0.1) is 0 Å². The van der Waals surface area contributed by atoms with Crippen molar-refractivity contribution in [3.05, 3.63) is 35.9 Å². The number of hydrogen-bond donors (Lipinski definition) is 1. The van der Waals surface area contributed by atoms with Gasteiger partial charge in [-0.25, -0.2) is 14.8 Å². The number of rotatable bonds is 3. The van der Waals surface area contributed by atoms with Gasteiger partial charge in [-0.2, -0.15) is 5.26 Å². The van der Waals surface area contributed by atoms with Gasteiger partial charge in [0.05, 0.1) is 30.1 Å². The van der Waals surface area contributed by atoms with E-state index in [4.69, 9.17) is 10.00 Å². The molecule has 0 bridgehead atoms. The highest BCUT2D eigenvalue weighted by Gasteiger charge is 2.19. The van der Waals surface area contributed by atoms with Crippen LogP contribution in [0.3, 0.4) is 0 Å². The van der Waals surface area contributed by atoms with E-state index in [-0.39, 0.29) is 6.42 Å². The third kappa shape index (κ3) is 4.92. The van der Waals surface area contributed by atoms with Crippen molar-refractivity contribution in [1.82, 2.24) is 9.97 Å². The van der Waals surface area contributed by atoms with Gasteiger partial charge in [-0.05, 0) is 39.2 Å². The van der Waals surface area contributed by atoms with Crippen LogP contribution in [0.15, 0.2) is 24.4 Å². The van der Waals surface area contributed by atoms with Gasteiger partial charge < -0.3 is 4.74 Å². The maximum Gasteiger partial charge on any atom is 0.412 e. The van der Waals surface area contributed by atoms with Gasteiger partial charge in [0.1, 0.15) is 11.4 Å². The molecule has 1 aromatic rings. The van der Waals surface area contributed by atoms with E-state index in [0.29, 0.717) is 17.2 Å². The van der Waals surface area contributed by atoms with Crippen LogP contribution in [0.5, 0.6) is 0 Å². The monoisotopic (exact) mass is 312 g/mol. The largest absolute Gasteiger partial charge is 0.444 e. The zero-order valence-corrected chi connectivity index (χ0v) is 13.6. The highest BCUT2D eigenvalue weighted by molar-refractivity contribution is 5.90. The number of ether oxygens (including phenoxy) is 1. The summed E-state index contributed by atoms with van der Waals surface area (Å²) >= 11 is 0. The molecule has 0 aliphatic heterocycles. The molecule has 0 saturated heterocycles. The maximum absolute atomic E-state index is 12.0. The number of allylic oxidation sites excluding steroid dienone is 4. The van der Waals surface area contributed by atoms with Gasteiger partial charge in [0.2, 0.25) is 0 Å². The van der Waals surface area contributed by atoms with Crippen LogP contribution >= 0.6 is 0 Å². The first-order valence-corrected chi connectivity index (χ1v) is 7.49. The van der Waals surface area contributed by atoms with E-state index in [0.717, 1.165) is 18.4 Å². The smallest absolute Gasteiger partial charge is 0.412 e. The molecule has 1 aromatic heterocycles. The normalized spacial score (nSPS) is 13.9. The molecule has 1 N–H and O–H groups in total. The van der Waals surface area contributed by atoms with Crippen molar-refractivity contribution in [1.29, 1.82) is 5.26 Å². The van der Waals surface area contributed by atoms with E-state index in [2.05, 4.69) is 27.4 Å². The second kappa shape index (κ2) is 7.05. The van der Waals surface area contributed by atoms with Crippen LogP contribution in [0.4, 0.5) is 10.5 Å². The predicted molar refractivity (Wildman–Crippen MR) is 87.6 cm³/mol. The molecular weight excluding hydrogens is 292 g/mol. The minimum absolute atomic E-state index is 0.122. The van der Waals surface area contributed by atoms with E-state index in [1.807, 2.05) is 12.1 Å². The van der Waals surface area contributed by atoms with Crippen molar-refractivity contribution in [2.45, 2.75) is 45.6 Å². The summed E-state index contributed by atoms with van der Waals surface area (Å²) in [6, 6.07) is 2.03. The van der Waals surface area contributed by atoms with Crippen molar-refractivity contribution in [3.8, 4) is 6.07 Å². The second-order valence-electron chi connectivity index (χ2n) is 6.15. The number of hydrogen-bond acceptors (Lipinski definition) is 5. The number of nitriles is 1. The lowest BCUT2D eigenvalue weighted by Crippen LogP contribution is -2.27. The number of aromatic nitrogens is 2. The van der Waals surface area contributed by atoms with Crippen molar-refractivity contribution in [2.75, 3.05) is 5.32 Å². The molecule has 1 aliphatic rings. The van der Waals surface area contributed by atoms with Crippen LogP contribution in [0.1, 0.15) is 45.1 Å². The molecule has 1 amide bonds. The van der Waals surface area contributed by atoms with Crippen LogP contribution in [-0.2, 0) is 11.2 Å². The molecule has 1 heterocycles. The molecule has 1 aliphatic carbocycles. The number of nitrogens with zero attached hydrogens (tertiary/aromatic N) is 3. The Hall–Kier alpha value is -2.68. The first-order valence-electron chi connectivity index (χ1n) is 7.49. The lowest BCUT2D eigenvalue weighted by atomic mass is 10.0. The third-order valence-corrected chi connectivity index (χ3v) is 2.98. The van der Waals surface area contributed by atoms with Crippen LogP contribution in [0.25, 0.3) is 5.57 Å². The molecule has 0 unspecified atom stereocenters. The first-order chi connectivity index (χ1) is 10.9. The maximum atomic E-state index is 12.0. The van der Waals surface area contributed by atoms with E-state index in [9.17, 15) is 4.79 Å². The van der Waals surface area contributed by atoms with Crippen LogP contribution in [0, 0.1) is 11.3 Å². The Morgan fingerprint density at radius 2 is 2.22 bits per heavy atom. The Kier molecular flexibility index (Phi) is 5.12. The lowest BCUT2D eigenvalue weighted by molar-refractivity contribution is 0.0635. The van der Waals surface area contributed by atoms with Crippen molar-refractivity contribution >= 4 is 17.4 Å². The zero-order chi connectivity index (χ0) is 16.9. The molecule has 0 atom stereocenters. The highest BCUT2D eigenvalue weighted by atomic mass is 16.6. The van der Waals surface area contributed by atoms with Crippen molar-refractivity contribution in [3.63, 3.8) is 0 Å². The SMILES string of the molecule is CC(C)(C)OC(=O)Nc1cnc(CC#N)nc1C1=CCCC=C1. The van der Waals surface area contributed by atoms with E-state index in [1.165, 1.54) is 6.20 Å². The van der Waals surface area contributed by atoms with Gasteiger partial charge in [0, 0.05) is 0 Å². The second-order valence-corrected chi connectivity index (χ2v) is 6.15. The third-order valence-electron chi connectivity index (χ3n) is 2.98. The number of carbonyl (C=O) groups excluding carboxylic acids is 1. The van der Waals surface area contributed by atoms with Crippen LogP contribution < -0.4 is 5.32 Å². The van der Waals surface area contributed by atoms with Crippen LogP contribution in [-0.4, -0.2) is 21.7 Å². The molecule has 0 radical (unpaired) electrons. The minimum Gasteiger partial charge on any atom is -0.444 e. The van der Waals surface area contributed by atoms with Gasteiger partial charge in [0.25, 0.3) is 0 Å². The summed E-state index contributed by atoms with van der Waals surface area (Å²) in [4.78, 5) is 20.5. The molecule has 23 heavy (non-hydrogen) atoms. The molecule has 0 fully saturated rings. The molecular formula is C17H20N4O2. The number of anilines is 1. The van der Waals surface area contributed by atoms with Gasteiger partial charge in [0.15, 0.2) is 0 Å². The summed E-state index contributed by atoms with van der Waals surface area (Å²) in [5.74, 6) is 0.428. The highest BCUT2D eigenvalue weighted by Crippen LogP contribution is 2.26. The topological polar surface area (TPSA) is 87.9 Å². The number of nitrogens with one attached hydrogen (secondary N) is 1. The average molecular weight is 312 g/mol. The van der Waals surface area contributed by atoms with Gasteiger partial charge in [-0.3, -0.25) is 5.32 Å². The molecule has 0 saturated carbocycles. The Morgan fingerprint density at radius 1 is 1.43 bits per heavy atom. The lowest BCUT2D eigenvalue weighted by Gasteiger charge is -2.20. The van der Waals surface area contributed by atoms with E-state index < -0.39 is 11.7 Å². The molecule has 6 nitrogen and oxygen atoms in total. The number of carbonyl (C=O) groups is 1. The van der Waals surface area contributed by atoms with Gasteiger partial charge >= 0.3 is 6.09 Å². The quantitative estimate of drug-likeness (QED) is 0.920. The Morgan fingerprint density at radius 3 is 2.83 bits per heavy atom. The fraction of sp³-hybridized carbons (Fsp3) is 0.412. The van der Waals surface area contributed by atoms with Crippen molar-refractivity contribution < 1.29 is 9.53 Å². The predicted octanol–water partition coefficient (Wildman–Crippen LogP) is 3.62. The first kappa shape index (κ1) is 16.7. The minimum atomic E-state index is -0.587. The van der Waals surface area contributed by atoms with E-state index >= 15 is 0 Å². The summed E-state index contributed by atoms with van der Waals surface area (Å²) in [7, 11) is 0. The molecule has 6 heteroatoms. The Bertz CT molecular complexity index is 694. The Labute approximate surface area is 135 Å². The summed E-state index contributed by atoms with van der Waals surface area (Å²) in [5.41, 5.74) is 1.39. The number of amides is 1. The van der Waals surface area contributed by atoms with Gasteiger partial charge in [-0.1, -0.05) is 18.2 Å². The Balaban J connectivity index is 2.31. The molecule has 0 aromatic carbocycles. The average Bonchev–Trinajstić information content (AvgIpc) is 2.48. The molecule has 2 rings (SSSR count).